The van der Waals surface area contributed by atoms with Crippen LogP contribution < -0.4 is 10.6 Å². The van der Waals surface area contributed by atoms with Gasteiger partial charge in [0.2, 0.25) is 11.8 Å². The molecule has 0 radical (unpaired) electrons. The van der Waals surface area contributed by atoms with Crippen molar-refractivity contribution in [1.29, 1.82) is 0 Å². The quantitative estimate of drug-likeness (QED) is 0.167. The molecule has 0 aliphatic carbocycles. The van der Waals surface area contributed by atoms with Crippen LogP contribution in [0.15, 0.2) is 5.16 Å². The first-order valence-electron chi connectivity index (χ1n) is 7.88. The molecule has 11 nitrogen and oxygen atoms in total. The average molecular weight is 397 g/mol. The van der Waals surface area contributed by atoms with Crippen LogP contribution in [0.5, 0.6) is 0 Å². The summed E-state index contributed by atoms with van der Waals surface area (Å²) in [6.07, 6.45) is -1.03. The molecule has 26 heavy (non-hydrogen) atoms. The molecule has 152 valence electrons. The first-order chi connectivity index (χ1) is 11.9. The van der Waals surface area contributed by atoms with Crippen molar-refractivity contribution in [1.82, 2.24) is 10.6 Å². The molecule has 1 atom stereocenters. The molecular formula is C14H28N3O8P. The van der Waals surface area contributed by atoms with Gasteiger partial charge in [-0.25, -0.2) is 4.57 Å². The third kappa shape index (κ3) is 11.2. The normalized spacial score (nSPS) is 13.9. The maximum atomic E-state index is 11.9. The number of aliphatic hydroxyl groups is 1. The second-order valence-corrected chi connectivity index (χ2v) is 7.54. The molecule has 2 amide bonds. The number of carbonyl (C=O) groups excluding carboxylic acids is 2. The molecule has 12 heteroatoms. The minimum absolute atomic E-state index is 0.00228. The van der Waals surface area contributed by atoms with Crippen LogP contribution in [-0.2, 0) is 23.5 Å². The van der Waals surface area contributed by atoms with Gasteiger partial charge in [-0.1, -0.05) is 19.0 Å². The van der Waals surface area contributed by atoms with Gasteiger partial charge in [0.05, 0.1) is 12.3 Å². The van der Waals surface area contributed by atoms with Crippen molar-refractivity contribution in [3.8, 4) is 0 Å². The Kier molecular flexibility index (Phi) is 10.6. The maximum Gasteiger partial charge on any atom is 0.469 e. The SMILES string of the molecule is CO/N=C(\C)CCNC(=O)CCNC(=O)C(O)C(C)(C)COP(=O)(O)O. The zero-order valence-corrected chi connectivity index (χ0v) is 16.3. The summed E-state index contributed by atoms with van der Waals surface area (Å²) in [4.78, 5) is 45.5. The third-order valence-corrected chi connectivity index (χ3v) is 3.77. The predicted molar refractivity (Wildman–Crippen MR) is 93.2 cm³/mol. The van der Waals surface area contributed by atoms with Gasteiger partial charge in [0, 0.05) is 31.3 Å². The van der Waals surface area contributed by atoms with Gasteiger partial charge in [-0.15, -0.1) is 0 Å². The van der Waals surface area contributed by atoms with E-state index in [1.165, 1.54) is 21.0 Å². The molecule has 0 aliphatic heterocycles. The molecule has 0 bridgehead atoms. The van der Waals surface area contributed by atoms with E-state index in [9.17, 15) is 19.3 Å². The molecule has 0 aromatic carbocycles. The van der Waals surface area contributed by atoms with Crippen LogP contribution in [0.25, 0.3) is 0 Å². The zero-order chi connectivity index (χ0) is 20.4. The van der Waals surface area contributed by atoms with Gasteiger partial charge in [-0.3, -0.25) is 14.1 Å². The fourth-order valence-corrected chi connectivity index (χ4v) is 2.25. The molecule has 5 N–H and O–H groups in total. The summed E-state index contributed by atoms with van der Waals surface area (Å²) in [6, 6.07) is 0. The molecular weight excluding hydrogens is 369 g/mol. The van der Waals surface area contributed by atoms with Crippen LogP contribution in [0.3, 0.4) is 0 Å². The topological polar surface area (TPSA) is 167 Å². The molecule has 0 saturated heterocycles. The Hall–Kier alpha value is -1.52. The van der Waals surface area contributed by atoms with Crippen LogP contribution in [0.2, 0.25) is 0 Å². The van der Waals surface area contributed by atoms with E-state index in [0.29, 0.717) is 13.0 Å². The Morgan fingerprint density at radius 2 is 1.77 bits per heavy atom. The zero-order valence-electron chi connectivity index (χ0n) is 15.4. The summed E-state index contributed by atoms with van der Waals surface area (Å²) in [5, 5.41) is 18.7. The second-order valence-electron chi connectivity index (χ2n) is 6.31. The number of phosphoric acid groups is 1. The molecule has 0 rings (SSSR count). The minimum Gasteiger partial charge on any atom is -0.399 e. The van der Waals surface area contributed by atoms with Crippen molar-refractivity contribution in [2.24, 2.45) is 10.6 Å². The number of hydrogen-bond donors (Lipinski definition) is 5. The van der Waals surface area contributed by atoms with Crippen molar-refractivity contribution in [3.63, 3.8) is 0 Å². The van der Waals surface area contributed by atoms with Crippen molar-refractivity contribution < 1.29 is 38.4 Å². The highest BCUT2D eigenvalue weighted by Crippen LogP contribution is 2.38. The molecule has 0 aliphatic rings. The molecule has 0 spiro atoms. The van der Waals surface area contributed by atoms with Crippen molar-refractivity contribution in [3.05, 3.63) is 0 Å². The molecule has 0 heterocycles. The molecule has 1 unspecified atom stereocenters. The fraction of sp³-hybridized carbons (Fsp3) is 0.786. The predicted octanol–water partition coefficient (Wildman–Crippen LogP) is -0.482. The summed E-state index contributed by atoms with van der Waals surface area (Å²) in [5.41, 5.74) is -0.505. The molecule has 0 aromatic rings. The van der Waals surface area contributed by atoms with E-state index in [4.69, 9.17) is 9.79 Å². The lowest BCUT2D eigenvalue weighted by atomic mass is 9.87. The lowest BCUT2D eigenvalue weighted by Crippen LogP contribution is -2.46. The van der Waals surface area contributed by atoms with E-state index < -0.39 is 31.9 Å². The van der Waals surface area contributed by atoms with Crippen LogP contribution in [-0.4, -0.2) is 65.3 Å². The minimum atomic E-state index is -4.70. The number of hydrogen-bond acceptors (Lipinski definition) is 7. The van der Waals surface area contributed by atoms with Gasteiger partial charge in [-0.05, 0) is 6.92 Å². The number of aliphatic hydroxyl groups excluding tert-OH is 1. The van der Waals surface area contributed by atoms with Crippen LogP contribution >= 0.6 is 7.82 Å². The number of nitrogens with one attached hydrogen (secondary N) is 2. The summed E-state index contributed by atoms with van der Waals surface area (Å²) in [6.45, 7) is 4.46. The average Bonchev–Trinajstić information content (AvgIpc) is 2.52. The van der Waals surface area contributed by atoms with Gasteiger partial charge in [0.1, 0.15) is 13.2 Å². The highest BCUT2D eigenvalue weighted by Gasteiger charge is 2.35. The Labute approximate surface area is 152 Å². The first-order valence-corrected chi connectivity index (χ1v) is 9.41. The van der Waals surface area contributed by atoms with Crippen LogP contribution in [0, 0.1) is 5.41 Å². The summed E-state index contributed by atoms with van der Waals surface area (Å²) in [7, 11) is -3.27. The van der Waals surface area contributed by atoms with E-state index in [1.54, 1.807) is 6.92 Å². The van der Waals surface area contributed by atoms with Crippen LogP contribution in [0.1, 0.15) is 33.6 Å². The maximum absolute atomic E-state index is 11.9. The van der Waals surface area contributed by atoms with Gasteiger partial charge in [0.15, 0.2) is 0 Å². The highest BCUT2D eigenvalue weighted by atomic mass is 31.2. The number of phosphoric ester groups is 1. The van der Waals surface area contributed by atoms with Gasteiger partial charge >= 0.3 is 7.82 Å². The largest absolute Gasteiger partial charge is 0.469 e. The number of amides is 2. The van der Waals surface area contributed by atoms with E-state index in [1.807, 2.05) is 0 Å². The fourth-order valence-electron chi connectivity index (χ4n) is 1.75. The van der Waals surface area contributed by atoms with Crippen molar-refractivity contribution in [2.75, 3.05) is 26.8 Å². The smallest absolute Gasteiger partial charge is 0.399 e. The van der Waals surface area contributed by atoms with E-state index in [-0.39, 0.29) is 18.9 Å². The van der Waals surface area contributed by atoms with Crippen molar-refractivity contribution in [2.45, 2.75) is 39.7 Å². The Morgan fingerprint density at radius 1 is 1.19 bits per heavy atom. The van der Waals surface area contributed by atoms with E-state index >= 15 is 0 Å². The number of oxime groups is 1. The number of rotatable bonds is 12. The lowest BCUT2D eigenvalue weighted by molar-refractivity contribution is -0.137. The van der Waals surface area contributed by atoms with Crippen LogP contribution in [0.4, 0.5) is 0 Å². The highest BCUT2D eigenvalue weighted by molar-refractivity contribution is 7.46. The van der Waals surface area contributed by atoms with Gasteiger partial charge in [0.25, 0.3) is 0 Å². The first kappa shape index (κ1) is 24.5. The summed E-state index contributed by atoms with van der Waals surface area (Å²) >= 11 is 0. The van der Waals surface area contributed by atoms with Gasteiger partial charge in [-0.2, -0.15) is 0 Å². The second kappa shape index (κ2) is 11.2. The number of carbonyl (C=O) groups is 2. The Bertz CT molecular complexity index is 546. The standard InChI is InChI=1S/C14H28N3O8P/c1-10(17-24-4)5-7-15-11(18)6-8-16-13(20)12(19)14(2,3)9-25-26(21,22)23/h12,19H,5-9H2,1-4H3,(H,15,18)(H,16,20)(H2,21,22,23)/b17-10+. The summed E-state index contributed by atoms with van der Waals surface area (Å²) in [5.74, 6) is -1.05. The third-order valence-electron chi connectivity index (χ3n) is 3.30. The number of nitrogens with zero attached hydrogens (tertiary/aromatic N) is 1. The van der Waals surface area contributed by atoms with Crippen molar-refractivity contribution >= 4 is 25.3 Å². The Balaban J connectivity index is 4.18. The van der Waals surface area contributed by atoms with E-state index in [0.717, 1.165) is 5.71 Å². The van der Waals surface area contributed by atoms with E-state index in [2.05, 4.69) is 25.2 Å². The monoisotopic (exact) mass is 397 g/mol. The summed E-state index contributed by atoms with van der Waals surface area (Å²) < 4.78 is 15.0. The lowest BCUT2D eigenvalue weighted by Gasteiger charge is -2.29. The molecule has 0 fully saturated rings. The Morgan fingerprint density at radius 3 is 2.31 bits per heavy atom. The van der Waals surface area contributed by atoms with Gasteiger partial charge < -0.3 is 30.4 Å². The molecule has 0 aromatic heterocycles. The molecule has 0 saturated carbocycles.